The first-order valence-corrected chi connectivity index (χ1v) is 6.81. The summed E-state index contributed by atoms with van der Waals surface area (Å²) in [5.41, 5.74) is 1.14. The summed E-state index contributed by atoms with van der Waals surface area (Å²) in [4.78, 5) is 4.54. The number of hydrogen-bond acceptors (Lipinski definition) is 4. The topological polar surface area (TPSA) is 38.1 Å². The Morgan fingerprint density at radius 2 is 2.38 bits per heavy atom. The normalized spacial score (nSPS) is 10.9. The Morgan fingerprint density at radius 3 is 3.06 bits per heavy atom. The number of thiazole rings is 1. The molecule has 0 saturated carbocycles. The van der Waals surface area contributed by atoms with Crippen LogP contribution < -0.4 is 5.32 Å². The predicted molar refractivity (Wildman–Crippen MR) is 69.8 cm³/mol. The Hall–Kier alpha value is -0.650. The lowest BCUT2D eigenvalue weighted by molar-refractivity contribution is 0.555. The molecule has 2 aromatic rings. The van der Waals surface area contributed by atoms with Gasteiger partial charge in [0.1, 0.15) is 0 Å². The van der Waals surface area contributed by atoms with E-state index in [2.05, 4.69) is 31.6 Å². The van der Waals surface area contributed by atoms with E-state index < -0.39 is 0 Å². The van der Waals surface area contributed by atoms with Gasteiger partial charge in [-0.2, -0.15) is 0 Å². The molecule has 3 nitrogen and oxygen atoms in total. The van der Waals surface area contributed by atoms with Crippen LogP contribution in [0, 0.1) is 0 Å². The van der Waals surface area contributed by atoms with Gasteiger partial charge >= 0.3 is 0 Å². The Kier molecular flexibility index (Phi) is 4.15. The molecule has 86 valence electrons. The molecule has 0 aliphatic carbocycles. The van der Waals surface area contributed by atoms with Crippen molar-refractivity contribution in [3.63, 3.8) is 0 Å². The van der Waals surface area contributed by atoms with E-state index in [4.69, 9.17) is 4.42 Å². The van der Waals surface area contributed by atoms with Crippen molar-refractivity contribution >= 4 is 27.3 Å². The number of furan rings is 1. The average molecular weight is 301 g/mol. The van der Waals surface area contributed by atoms with Crippen molar-refractivity contribution in [3.8, 4) is 10.8 Å². The summed E-state index contributed by atoms with van der Waals surface area (Å²) >= 11 is 4.92. The summed E-state index contributed by atoms with van der Waals surface area (Å²) in [6.07, 6.45) is 2.13. The molecule has 0 saturated heterocycles. The highest BCUT2D eigenvalue weighted by Crippen LogP contribution is 2.27. The predicted octanol–water partition coefficient (Wildman–Crippen LogP) is 3.32. The third-order valence-electron chi connectivity index (χ3n) is 2.20. The molecule has 0 spiro atoms. The zero-order valence-electron chi connectivity index (χ0n) is 9.00. The van der Waals surface area contributed by atoms with Gasteiger partial charge in [0.2, 0.25) is 0 Å². The Morgan fingerprint density at radius 1 is 1.50 bits per heavy atom. The average Bonchev–Trinajstić information content (AvgIpc) is 2.87. The fraction of sp³-hybridized carbons (Fsp3) is 0.364. The Balaban J connectivity index is 2.02. The summed E-state index contributed by atoms with van der Waals surface area (Å²) in [6, 6.07) is 3.82. The highest BCUT2D eigenvalue weighted by Gasteiger charge is 2.08. The number of nitrogens with one attached hydrogen (secondary N) is 1. The molecule has 2 heterocycles. The van der Waals surface area contributed by atoms with Gasteiger partial charge < -0.3 is 9.73 Å². The zero-order chi connectivity index (χ0) is 11.4. The van der Waals surface area contributed by atoms with Crippen LogP contribution in [0.3, 0.4) is 0 Å². The molecule has 0 amide bonds. The first kappa shape index (κ1) is 11.8. The third kappa shape index (κ3) is 2.93. The van der Waals surface area contributed by atoms with Gasteiger partial charge in [0.15, 0.2) is 15.4 Å². The van der Waals surface area contributed by atoms with Crippen molar-refractivity contribution in [2.45, 2.75) is 12.8 Å². The van der Waals surface area contributed by atoms with E-state index in [9.17, 15) is 0 Å². The largest absolute Gasteiger partial charge is 0.447 e. The lowest BCUT2D eigenvalue weighted by Crippen LogP contribution is -2.08. The molecule has 5 heteroatoms. The van der Waals surface area contributed by atoms with Gasteiger partial charge in [0, 0.05) is 5.38 Å². The van der Waals surface area contributed by atoms with Crippen molar-refractivity contribution in [1.29, 1.82) is 0 Å². The molecule has 0 atom stereocenters. The second-order valence-corrected chi connectivity index (χ2v) is 5.09. The first-order valence-electron chi connectivity index (χ1n) is 5.14. The van der Waals surface area contributed by atoms with Crippen LogP contribution in [0.15, 0.2) is 26.6 Å². The highest BCUT2D eigenvalue weighted by atomic mass is 79.9. The van der Waals surface area contributed by atoms with E-state index >= 15 is 0 Å². The van der Waals surface area contributed by atoms with Crippen LogP contribution in [0.4, 0.5) is 0 Å². The standard InChI is InChI=1S/C11H13BrN2OS/c1-13-6-2-3-8-7-16-11(14-8)9-4-5-10(12)15-9/h4-5,7,13H,2-3,6H2,1H3. The fourth-order valence-electron chi connectivity index (χ4n) is 1.41. The minimum Gasteiger partial charge on any atom is -0.447 e. The van der Waals surface area contributed by atoms with Gasteiger partial charge in [0.25, 0.3) is 0 Å². The molecule has 0 bridgehead atoms. The molecule has 0 radical (unpaired) electrons. The molecule has 0 fully saturated rings. The van der Waals surface area contributed by atoms with Gasteiger partial charge in [-0.3, -0.25) is 0 Å². The Labute approximate surface area is 107 Å². The van der Waals surface area contributed by atoms with Gasteiger partial charge in [-0.25, -0.2) is 4.98 Å². The number of hydrogen-bond donors (Lipinski definition) is 1. The van der Waals surface area contributed by atoms with Crippen LogP contribution in [0.2, 0.25) is 0 Å². The molecule has 16 heavy (non-hydrogen) atoms. The van der Waals surface area contributed by atoms with E-state index in [1.54, 1.807) is 11.3 Å². The molecule has 0 unspecified atom stereocenters. The quantitative estimate of drug-likeness (QED) is 0.861. The molecule has 0 aromatic carbocycles. The molecule has 2 aromatic heterocycles. The van der Waals surface area contributed by atoms with Gasteiger partial charge in [0.05, 0.1) is 5.69 Å². The minimum atomic E-state index is 0.745. The van der Waals surface area contributed by atoms with Crippen LogP contribution >= 0.6 is 27.3 Å². The number of nitrogens with zero attached hydrogens (tertiary/aromatic N) is 1. The molecule has 0 aliphatic rings. The lowest BCUT2D eigenvalue weighted by Gasteiger charge is -1.95. The van der Waals surface area contributed by atoms with Crippen molar-refractivity contribution < 1.29 is 4.42 Å². The van der Waals surface area contributed by atoms with E-state index in [-0.39, 0.29) is 0 Å². The SMILES string of the molecule is CNCCCc1csc(-c2ccc(Br)o2)n1. The minimum absolute atomic E-state index is 0.745. The lowest BCUT2D eigenvalue weighted by atomic mass is 10.2. The second-order valence-electron chi connectivity index (χ2n) is 3.45. The molecular formula is C11H13BrN2OS. The summed E-state index contributed by atoms with van der Waals surface area (Å²) < 4.78 is 6.21. The maximum absolute atomic E-state index is 5.46. The molecule has 0 aliphatic heterocycles. The monoisotopic (exact) mass is 300 g/mol. The number of halogens is 1. The molecule has 1 N–H and O–H groups in total. The molecule has 2 rings (SSSR count). The summed E-state index contributed by atoms with van der Waals surface area (Å²) in [5, 5.41) is 6.18. The fourth-order valence-corrected chi connectivity index (χ4v) is 2.53. The van der Waals surface area contributed by atoms with Gasteiger partial charge in [-0.15, -0.1) is 11.3 Å². The number of aryl methyl sites for hydroxylation is 1. The number of aromatic nitrogens is 1. The maximum Gasteiger partial charge on any atom is 0.170 e. The van der Waals surface area contributed by atoms with Crippen molar-refractivity contribution in [2.24, 2.45) is 0 Å². The smallest absolute Gasteiger partial charge is 0.170 e. The van der Waals surface area contributed by atoms with E-state index in [0.29, 0.717) is 0 Å². The van der Waals surface area contributed by atoms with Crippen molar-refractivity contribution in [3.05, 3.63) is 27.9 Å². The van der Waals surface area contributed by atoms with Gasteiger partial charge in [-0.1, -0.05) is 0 Å². The summed E-state index contributed by atoms with van der Waals surface area (Å²) in [6.45, 7) is 1.03. The van der Waals surface area contributed by atoms with Crippen molar-refractivity contribution in [2.75, 3.05) is 13.6 Å². The van der Waals surface area contributed by atoms with E-state index in [0.717, 1.165) is 40.5 Å². The van der Waals surface area contributed by atoms with Crippen LogP contribution in [-0.4, -0.2) is 18.6 Å². The van der Waals surface area contributed by atoms with Crippen molar-refractivity contribution in [1.82, 2.24) is 10.3 Å². The Bertz CT molecular complexity index is 452. The maximum atomic E-state index is 5.46. The number of rotatable bonds is 5. The van der Waals surface area contributed by atoms with Crippen LogP contribution in [0.1, 0.15) is 12.1 Å². The van der Waals surface area contributed by atoms with E-state index in [1.807, 2.05) is 19.2 Å². The summed E-state index contributed by atoms with van der Waals surface area (Å²) in [5.74, 6) is 0.830. The van der Waals surface area contributed by atoms with Gasteiger partial charge in [-0.05, 0) is 54.5 Å². The second kappa shape index (κ2) is 5.61. The van der Waals surface area contributed by atoms with E-state index in [1.165, 1.54) is 0 Å². The zero-order valence-corrected chi connectivity index (χ0v) is 11.4. The summed E-state index contributed by atoms with van der Waals surface area (Å²) in [7, 11) is 1.97. The first-order chi connectivity index (χ1) is 7.79. The highest BCUT2D eigenvalue weighted by molar-refractivity contribution is 9.10. The van der Waals surface area contributed by atoms with Crippen LogP contribution in [0.25, 0.3) is 10.8 Å². The third-order valence-corrected chi connectivity index (χ3v) is 3.53. The van der Waals surface area contributed by atoms with Crippen LogP contribution in [0.5, 0.6) is 0 Å². The van der Waals surface area contributed by atoms with Crippen LogP contribution in [-0.2, 0) is 6.42 Å². The molecular weight excluding hydrogens is 288 g/mol.